The van der Waals surface area contributed by atoms with Crippen molar-refractivity contribution in [2.24, 2.45) is 0 Å². The van der Waals surface area contributed by atoms with Crippen LogP contribution in [-0.4, -0.2) is 43.4 Å². The first-order valence-electron chi connectivity index (χ1n) is 4.74. The van der Waals surface area contributed by atoms with Gasteiger partial charge >= 0.3 is 6.09 Å². The molecule has 1 aliphatic heterocycles. The minimum atomic E-state index is -0.249. The highest BCUT2D eigenvalue weighted by Gasteiger charge is 2.30. The molecule has 0 bridgehead atoms. The lowest BCUT2D eigenvalue weighted by Gasteiger charge is -2.10. The second-order valence-corrected chi connectivity index (χ2v) is 3.17. The van der Waals surface area contributed by atoms with Gasteiger partial charge in [-0.05, 0) is 6.42 Å². The summed E-state index contributed by atoms with van der Waals surface area (Å²) in [6, 6.07) is 0. The first kappa shape index (κ1) is 10.9. The maximum absolute atomic E-state index is 11.2. The van der Waals surface area contributed by atoms with Crippen molar-refractivity contribution in [2.75, 3.05) is 26.3 Å². The Labute approximate surface area is 84.2 Å². The second kappa shape index (κ2) is 5.51. The topological polar surface area (TPSA) is 38.8 Å². The number of nitrogens with zero attached hydrogens (tertiary/aromatic N) is 1. The Morgan fingerprint density at radius 2 is 2.57 bits per heavy atom. The molecule has 1 rings (SSSR count). The van der Waals surface area contributed by atoms with Gasteiger partial charge in [-0.3, -0.25) is 0 Å². The number of ether oxygens (including phenoxy) is 2. The van der Waals surface area contributed by atoms with E-state index in [4.69, 9.17) is 15.9 Å². The van der Waals surface area contributed by atoms with Crippen molar-refractivity contribution in [1.29, 1.82) is 0 Å². The van der Waals surface area contributed by atoms with Crippen LogP contribution in [0, 0.1) is 12.3 Å². The number of hydrogen-bond donors (Lipinski definition) is 0. The third kappa shape index (κ3) is 2.93. The van der Waals surface area contributed by atoms with E-state index >= 15 is 0 Å². The smallest absolute Gasteiger partial charge is 0.410 e. The average molecular weight is 197 g/mol. The zero-order chi connectivity index (χ0) is 10.4. The number of cyclic esters (lactones) is 1. The summed E-state index contributed by atoms with van der Waals surface area (Å²) in [5.74, 6) is 2.36. The molecular formula is C10H15NO3. The predicted octanol–water partition coefficient (Wildman–Crippen LogP) is 0.867. The standard InChI is InChI=1S/C10H15NO3/c1-3-5-11-7-9(14-10(11)12)8-13-6-4-2/h2,9H,3,5-8H2,1H3. The largest absolute Gasteiger partial charge is 0.442 e. The summed E-state index contributed by atoms with van der Waals surface area (Å²) in [4.78, 5) is 12.9. The Hall–Kier alpha value is -1.21. The summed E-state index contributed by atoms with van der Waals surface area (Å²) in [5.41, 5.74) is 0. The minimum absolute atomic E-state index is 0.164. The molecule has 1 atom stereocenters. The first-order valence-corrected chi connectivity index (χ1v) is 4.74. The summed E-state index contributed by atoms with van der Waals surface area (Å²) in [7, 11) is 0. The van der Waals surface area contributed by atoms with Crippen molar-refractivity contribution in [2.45, 2.75) is 19.4 Å². The van der Waals surface area contributed by atoms with Crippen molar-refractivity contribution in [3.8, 4) is 12.3 Å². The van der Waals surface area contributed by atoms with Gasteiger partial charge in [-0.15, -0.1) is 6.42 Å². The fraction of sp³-hybridized carbons (Fsp3) is 0.700. The number of terminal acetylenes is 1. The summed E-state index contributed by atoms with van der Waals surface area (Å²) in [6.45, 7) is 4.02. The summed E-state index contributed by atoms with van der Waals surface area (Å²) in [6.07, 6.45) is 5.55. The van der Waals surface area contributed by atoms with E-state index in [1.807, 2.05) is 6.92 Å². The van der Waals surface area contributed by atoms with Crippen LogP contribution in [-0.2, 0) is 9.47 Å². The number of carbonyl (C=O) groups excluding carboxylic acids is 1. The Morgan fingerprint density at radius 3 is 3.21 bits per heavy atom. The van der Waals surface area contributed by atoms with Crippen LogP contribution in [0.2, 0.25) is 0 Å². The molecule has 0 aromatic carbocycles. The molecule has 1 unspecified atom stereocenters. The van der Waals surface area contributed by atoms with Gasteiger partial charge < -0.3 is 14.4 Å². The number of carbonyl (C=O) groups is 1. The summed E-state index contributed by atoms with van der Waals surface area (Å²) < 4.78 is 10.2. The highest BCUT2D eigenvalue weighted by atomic mass is 16.6. The van der Waals surface area contributed by atoms with Gasteiger partial charge in [-0.2, -0.15) is 0 Å². The molecule has 1 aliphatic rings. The molecule has 0 aromatic rings. The minimum Gasteiger partial charge on any atom is -0.442 e. The molecule has 0 saturated carbocycles. The van der Waals surface area contributed by atoms with Crippen molar-refractivity contribution in [3.05, 3.63) is 0 Å². The third-order valence-electron chi connectivity index (χ3n) is 1.93. The molecule has 0 radical (unpaired) electrons. The van der Waals surface area contributed by atoms with Crippen LogP contribution in [0.25, 0.3) is 0 Å². The Kier molecular flexibility index (Phi) is 4.27. The van der Waals surface area contributed by atoms with Crippen LogP contribution in [0.4, 0.5) is 4.79 Å². The molecule has 4 nitrogen and oxygen atoms in total. The molecule has 1 heterocycles. The molecule has 0 aliphatic carbocycles. The van der Waals surface area contributed by atoms with Crippen molar-refractivity contribution in [3.63, 3.8) is 0 Å². The molecule has 1 saturated heterocycles. The van der Waals surface area contributed by atoms with E-state index in [9.17, 15) is 4.79 Å². The third-order valence-corrected chi connectivity index (χ3v) is 1.93. The number of amides is 1. The predicted molar refractivity (Wildman–Crippen MR) is 51.8 cm³/mol. The molecule has 1 amide bonds. The van der Waals surface area contributed by atoms with Gasteiger partial charge in [-0.25, -0.2) is 4.79 Å². The lowest BCUT2D eigenvalue weighted by Crippen LogP contribution is -2.27. The zero-order valence-electron chi connectivity index (χ0n) is 8.36. The second-order valence-electron chi connectivity index (χ2n) is 3.17. The summed E-state index contributed by atoms with van der Waals surface area (Å²) in [5, 5.41) is 0. The molecule has 0 N–H and O–H groups in total. The SMILES string of the molecule is C#CCOCC1CN(CCC)C(=O)O1. The highest BCUT2D eigenvalue weighted by Crippen LogP contribution is 2.11. The van der Waals surface area contributed by atoms with E-state index in [1.54, 1.807) is 4.90 Å². The van der Waals surface area contributed by atoms with Gasteiger partial charge in [-0.1, -0.05) is 12.8 Å². The zero-order valence-corrected chi connectivity index (χ0v) is 8.36. The van der Waals surface area contributed by atoms with Crippen molar-refractivity contribution in [1.82, 2.24) is 4.90 Å². The monoisotopic (exact) mass is 197 g/mol. The lowest BCUT2D eigenvalue weighted by molar-refractivity contribution is 0.0597. The maximum Gasteiger partial charge on any atom is 0.410 e. The van der Waals surface area contributed by atoms with Crippen LogP contribution >= 0.6 is 0 Å². The average Bonchev–Trinajstić information content (AvgIpc) is 2.49. The van der Waals surface area contributed by atoms with Crippen LogP contribution in [0.3, 0.4) is 0 Å². The molecule has 4 heteroatoms. The normalized spacial score (nSPS) is 20.7. The van der Waals surface area contributed by atoms with Gasteiger partial charge in [0.2, 0.25) is 0 Å². The molecule has 0 spiro atoms. The highest BCUT2D eigenvalue weighted by molar-refractivity contribution is 5.69. The van der Waals surface area contributed by atoms with Gasteiger partial charge in [0.25, 0.3) is 0 Å². The molecule has 1 fully saturated rings. The summed E-state index contributed by atoms with van der Waals surface area (Å²) >= 11 is 0. The fourth-order valence-electron chi connectivity index (χ4n) is 1.36. The van der Waals surface area contributed by atoms with E-state index < -0.39 is 0 Å². The van der Waals surface area contributed by atoms with E-state index in [-0.39, 0.29) is 18.8 Å². The van der Waals surface area contributed by atoms with Crippen LogP contribution < -0.4 is 0 Å². The molecule has 0 aromatic heterocycles. The van der Waals surface area contributed by atoms with Crippen LogP contribution in [0.15, 0.2) is 0 Å². The number of rotatable bonds is 5. The van der Waals surface area contributed by atoms with Crippen molar-refractivity contribution >= 4 is 6.09 Å². The van der Waals surface area contributed by atoms with Gasteiger partial charge in [0.15, 0.2) is 0 Å². The maximum atomic E-state index is 11.2. The molecule has 14 heavy (non-hydrogen) atoms. The Morgan fingerprint density at radius 1 is 1.79 bits per heavy atom. The van der Waals surface area contributed by atoms with Crippen molar-refractivity contribution < 1.29 is 14.3 Å². The van der Waals surface area contributed by atoms with Gasteiger partial charge in [0, 0.05) is 6.54 Å². The molecule has 78 valence electrons. The van der Waals surface area contributed by atoms with Gasteiger partial charge in [0.1, 0.15) is 12.7 Å². The van der Waals surface area contributed by atoms with Crippen LogP contribution in [0.1, 0.15) is 13.3 Å². The fourth-order valence-corrected chi connectivity index (χ4v) is 1.36. The Bertz CT molecular complexity index is 234. The van der Waals surface area contributed by atoms with E-state index in [0.29, 0.717) is 13.2 Å². The van der Waals surface area contributed by atoms with E-state index in [1.165, 1.54) is 0 Å². The number of hydrogen-bond acceptors (Lipinski definition) is 3. The first-order chi connectivity index (χ1) is 6.77. The molecular weight excluding hydrogens is 182 g/mol. The van der Waals surface area contributed by atoms with E-state index in [0.717, 1.165) is 13.0 Å². The van der Waals surface area contributed by atoms with Gasteiger partial charge in [0.05, 0.1) is 13.2 Å². The lowest BCUT2D eigenvalue weighted by atomic mass is 10.3. The van der Waals surface area contributed by atoms with Crippen LogP contribution in [0.5, 0.6) is 0 Å². The Balaban J connectivity index is 2.25. The quantitative estimate of drug-likeness (QED) is 0.485. The van der Waals surface area contributed by atoms with E-state index in [2.05, 4.69) is 5.92 Å².